The molecule has 0 aliphatic heterocycles. The van der Waals surface area contributed by atoms with Crippen LogP contribution >= 0.6 is 15.9 Å². The van der Waals surface area contributed by atoms with E-state index in [9.17, 15) is 0 Å². The van der Waals surface area contributed by atoms with Crippen LogP contribution in [-0.2, 0) is 0 Å². The second-order valence-electron chi connectivity index (χ2n) is 2.88. The molecule has 0 unspecified atom stereocenters. The number of unbranched alkanes of at least 4 members (excludes halogenated alkanes) is 1. The Morgan fingerprint density at radius 2 is 2.38 bits per heavy atom. The number of nitrogens with zero attached hydrogens (tertiary/aromatic N) is 1. The summed E-state index contributed by atoms with van der Waals surface area (Å²) in [6, 6.07) is 1.85. The molecule has 1 rings (SSSR count). The number of aromatic nitrogens is 1. The minimum Gasteiger partial charge on any atom is -0.397 e. The molecule has 4 heteroatoms. The summed E-state index contributed by atoms with van der Waals surface area (Å²) in [6.07, 6.45) is 3.98. The van der Waals surface area contributed by atoms with Crippen LogP contribution in [0.1, 0.15) is 19.8 Å². The fraction of sp³-hybridized carbons (Fsp3) is 0.444. The molecule has 0 atom stereocenters. The molecule has 0 saturated heterocycles. The summed E-state index contributed by atoms with van der Waals surface area (Å²) >= 11 is 3.39. The number of nitrogen functional groups attached to an aromatic ring is 1. The van der Waals surface area contributed by atoms with Crippen LogP contribution in [0.2, 0.25) is 0 Å². The standard InChI is InChI=1S/C9H14BrN3/c1-2-3-4-12-9-8(10)5-7(11)6-13-9/h5-6H,2-4,11H2,1H3,(H,12,13). The van der Waals surface area contributed by atoms with Crippen LogP contribution < -0.4 is 11.1 Å². The molecular weight excluding hydrogens is 230 g/mol. The molecule has 0 radical (unpaired) electrons. The van der Waals surface area contributed by atoms with Gasteiger partial charge in [0.05, 0.1) is 16.4 Å². The van der Waals surface area contributed by atoms with Gasteiger partial charge in [-0.1, -0.05) is 13.3 Å². The smallest absolute Gasteiger partial charge is 0.140 e. The summed E-state index contributed by atoms with van der Waals surface area (Å²) in [5.74, 6) is 0.864. The van der Waals surface area contributed by atoms with Crippen molar-refractivity contribution in [3.05, 3.63) is 16.7 Å². The van der Waals surface area contributed by atoms with Crippen molar-refractivity contribution in [1.29, 1.82) is 0 Å². The SMILES string of the molecule is CCCCNc1ncc(N)cc1Br. The van der Waals surface area contributed by atoms with Crippen LogP contribution in [-0.4, -0.2) is 11.5 Å². The fourth-order valence-corrected chi connectivity index (χ4v) is 1.47. The van der Waals surface area contributed by atoms with E-state index in [-0.39, 0.29) is 0 Å². The van der Waals surface area contributed by atoms with Crippen molar-refractivity contribution >= 4 is 27.4 Å². The number of rotatable bonds is 4. The van der Waals surface area contributed by atoms with Crippen molar-refractivity contribution in [1.82, 2.24) is 4.98 Å². The molecule has 0 saturated carbocycles. The lowest BCUT2D eigenvalue weighted by Crippen LogP contribution is -2.03. The first-order chi connectivity index (χ1) is 6.24. The Morgan fingerprint density at radius 3 is 3.00 bits per heavy atom. The topological polar surface area (TPSA) is 50.9 Å². The number of anilines is 2. The van der Waals surface area contributed by atoms with E-state index in [0.29, 0.717) is 5.69 Å². The summed E-state index contributed by atoms with van der Waals surface area (Å²) in [5.41, 5.74) is 6.24. The summed E-state index contributed by atoms with van der Waals surface area (Å²) < 4.78 is 0.920. The molecule has 3 N–H and O–H groups in total. The third-order valence-electron chi connectivity index (χ3n) is 1.69. The van der Waals surface area contributed by atoms with Crippen LogP contribution in [0.15, 0.2) is 16.7 Å². The second kappa shape index (κ2) is 5.07. The zero-order valence-corrected chi connectivity index (χ0v) is 9.26. The first-order valence-electron chi connectivity index (χ1n) is 4.39. The van der Waals surface area contributed by atoms with Crippen LogP contribution in [0.4, 0.5) is 11.5 Å². The molecule has 1 aromatic heterocycles. The van der Waals surface area contributed by atoms with Gasteiger partial charge in [-0.15, -0.1) is 0 Å². The Kier molecular flexibility index (Phi) is 4.02. The molecule has 1 heterocycles. The van der Waals surface area contributed by atoms with Gasteiger partial charge >= 0.3 is 0 Å². The van der Waals surface area contributed by atoms with E-state index in [0.717, 1.165) is 23.3 Å². The Morgan fingerprint density at radius 1 is 1.62 bits per heavy atom. The quantitative estimate of drug-likeness (QED) is 0.800. The summed E-state index contributed by atoms with van der Waals surface area (Å²) in [4.78, 5) is 4.17. The lowest BCUT2D eigenvalue weighted by Gasteiger charge is -2.06. The third kappa shape index (κ3) is 3.22. The average Bonchev–Trinajstić information content (AvgIpc) is 2.09. The van der Waals surface area contributed by atoms with Gasteiger partial charge in [0, 0.05) is 6.54 Å². The Labute approximate surface area is 86.9 Å². The molecule has 3 nitrogen and oxygen atoms in total. The minimum atomic E-state index is 0.674. The number of hydrogen-bond donors (Lipinski definition) is 2. The highest BCUT2D eigenvalue weighted by atomic mass is 79.9. The lowest BCUT2D eigenvalue weighted by atomic mass is 10.3. The minimum absolute atomic E-state index is 0.674. The van der Waals surface area contributed by atoms with Crippen molar-refractivity contribution in [2.75, 3.05) is 17.6 Å². The molecule has 0 fully saturated rings. The summed E-state index contributed by atoms with van der Waals surface area (Å²) in [5, 5.41) is 3.23. The monoisotopic (exact) mass is 243 g/mol. The van der Waals surface area contributed by atoms with Crippen molar-refractivity contribution in [2.45, 2.75) is 19.8 Å². The number of hydrogen-bond acceptors (Lipinski definition) is 3. The van der Waals surface area contributed by atoms with E-state index in [2.05, 4.69) is 33.2 Å². The van der Waals surface area contributed by atoms with Gasteiger partial charge in [-0.2, -0.15) is 0 Å². The molecule has 0 aromatic carbocycles. The average molecular weight is 244 g/mol. The number of nitrogens with two attached hydrogens (primary N) is 1. The molecule has 0 bridgehead atoms. The zero-order chi connectivity index (χ0) is 9.68. The molecule has 0 aliphatic rings. The molecular formula is C9H14BrN3. The van der Waals surface area contributed by atoms with Gasteiger partial charge in [0.1, 0.15) is 5.82 Å². The number of nitrogens with one attached hydrogen (secondary N) is 1. The van der Waals surface area contributed by atoms with Gasteiger partial charge in [-0.25, -0.2) is 4.98 Å². The van der Waals surface area contributed by atoms with E-state index in [1.54, 1.807) is 6.20 Å². The van der Waals surface area contributed by atoms with E-state index in [4.69, 9.17) is 5.73 Å². The van der Waals surface area contributed by atoms with Gasteiger partial charge in [0.15, 0.2) is 0 Å². The predicted molar refractivity (Wildman–Crippen MR) is 59.7 cm³/mol. The van der Waals surface area contributed by atoms with Crippen LogP contribution in [0, 0.1) is 0 Å². The fourth-order valence-electron chi connectivity index (χ4n) is 0.966. The maximum atomic E-state index is 5.56. The second-order valence-corrected chi connectivity index (χ2v) is 3.73. The van der Waals surface area contributed by atoms with Crippen molar-refractivity contribution in [3.63, 3.8) is 0 Å². The Bertz CT molecular complexity index is 276. The summed E-state index contributed by atoms with van der Waals surface area (Å²) in [7, 11) is 0. The van der Waals surface area contributed by atoms with Crippen LogP contribution in [0.5, 0.6) is 0 Å². The maximum absolute atomic E-state index is 5.56. The maximum Gasteiger partial charge on any atom is 0.140 e. The highest BCUT2D eigenvalue weighted by Crippen LogP contribution is 2.21. The predicted octanol–water partition coefficient (Wildman–Crippen LogP) is 2.64. The van der Waals surface area contributed by atoms with Gasteiger partial charge in [-0.3, -0.25) is 0 Å². The first-order valence-corrected chi connectivity index (χ1v) is 5.18. The van der Waals surface area contributed by atoms with E-state index < -0.39 is 0 Å². The summed E-state index contributed by atoms with van der Waals surface area (Å²) in [6.45, 7) is 3.11. The first kappa shape index (κ1) is 10.3. The van der Waals surface area contributed by atoms with E-state index in [1.165, 1.54) is 6.42 Å². The van der Waals surface area contributed by atoms with Gasteiger partial charge in [0.25, 0.3) is 0 Å². The van der Waals surface area contributed by atoms with Gasteiger partial charge in [0.2, 0.25) is 0 Å². The van der Waals surface area contributed by atoms with Crippen molar-refractivity contribution < 1.29 is 0 Å². The molecule has 0 amide bonds. The van der Waals surface area contributed by atoms with Crippen LogP contribution in [0.3, 0.4) is 0 Å². The Balaban J connectivity index is 2.56. The molecule has 1 aromatic rings. The largest absolute Gasteiger partial charge is 0.397 e. The molecule has 0 spiro atoms. The normalized spacial score (nSPS) is 10.0. The Hall–Kier alpha value is -0.770. The zero-order valence-electron chi connectivity index (χ0n) is 7.68. The van der Waals surface area contributed by atoms with E-state index >= 15 is 0 Å². The van der Waals surface area contributed by atoms with Crippen molar-refractivity contribution in [3.8, 4) is 0 Å². The highest BCUT2D eigenvalue weighted by molar-refractivity contribution is 9.10. The molecule has 0 aliphatic carbocycles. The third-order valence-corrected chi connectivity index (χ3v) is 2.29. The van der Waals surface area contributed by atoms with Crippen molar-refractivity contribution in [2.24, 2.45) is 0 Å². The van der Waals surface area contributed by atoms with E-state index in [1.807, 2.05) is 6.07 Å². The highest BCUT2D eigenvalue weighted by Gasteiger charge is 1.99. The lowest BCUT2D eigenvalue weighted by molar-refractivity contribution is 0.830. The van der Waals surface area contributed by atoms with Gasteiger partial charge < -0.3 is 11.1 Å². The number of pyridine rings is 1. The molecule has 13 heavy (non-hydrogen) atoms. The van der Waals surface area contributed by atoms with Gasteiger partial charge in [-0.05, 0) is 28.4 Å². The van der Waals surface area contributed by atoms with Crippen LogP contribution in [0.25, 0.3) is 0 Å². The number of halogens is 1. The molecule has 72 valence electrons.